The van der Waals surface area contributed by atoms with Crippen LogP contribution < -0.4 is 0 Å². The minimum atomic E-state index is -0.763. The number of ether oxygens (including phenoxy) is 3. The first-order valence-electron chi connectivity index (χ1n) is 25.6. The molecule has 0 saturated carbocycles. The Kier molecular flexibility index (Phi) is 42.3. The van der Waals surface area contributed by atoms with Gasteiger partial charge in [0.1, 0.15) is 13.2 Å². The maximum Gasteiger partial charge on any atom is 0.306 e. The summed E-state index contributed by atoms with van der Waals surface area (Å²) in [5.41, 5.74) is 0. The van der Waals surface area contributed by atoms with E-state index in [9.17, 15) is 14.4 Å². The highest BCUT2D eigenvalue weighted by Crippen LogP contribution is 2.17. The Morgan fingerprint density at radius 2 is 0.500 bits per heavy atom. The standard InChI is InChI=1S/C52H100O6/c1-46(2)38-32-26-20-17-15-13-11-9-7-8-10-12-14-16-18-22-31-37-43-52(55)58-49(45-57-51(54)42-36-30-25-24-28-34-40-48(5)6)44-56-50(53)41-35-29-23-19-21-27-33-39-47(3)4/h46-49H,7-45H2,1-6H3/t49-/m1/s1. The molecule has 0 N–H and O–H groups in total. The third-order valence-corrected chi connectivity index (χ3v) is 11.6. The fourth-order valence-corrected chi connectivity index (χ4v) is 7.76. The van der Waals surface area contributed by atoms with Crippen molar-refractivity contribution < 1.29 is 28.6 Å². The summed E-state index contributed by atoms with van der Waals surface area (Å²) < 4.78 is 16.7. The first kappa shape index (κ1) is 56.4. The van der Waals surface area contributed by atoms with Gasteiger partial charge in [-0.3, -0.25) is 14.4 Å². The molecule has 0 rings (SSSR count). The Labute approximate surface area is 361 Å². The van der Waals surface area contributed by atoms with E-state index in [1.807, 2.05) is 0 Å². The van der Waals surface area contributed by atoms with Crippen LogP contribution in [0, 0.1) is 17.8 Å². The third kappa shape index (κ3) is 45.5. The lowest BCUT2D eigenvalue weighted by Crippen LogP contribution is -2.30. The molecule has 0 aromatic carbocycles. The summed E-state index contributed by atoms with van der Waals surface area (Å²) in [7, 11) is 0. The molecule has 6 nitrogen and oxygen atoms in total. The second-order valence-corrected chi connectivity index (χ2v) is 19.2. The molecule has 0 spiro atoms. The summed E-state index contributed by atoms with van der Waals surface area (Å²) >= 11 is 0. The van der Waals surface area contributed by atoms with Crippen molar-refractivity contribution in [3.05, 3.63) is 0 Å². The lowest BCUT2D eigenvalue weighted by Gasteiger charge is -2.18. The average Bonchev–Trinajstić information content (AvgIpc) is 3.18. The smallest absolute Gasteiger partial charge is 0.306 e. The molecule has 0 amide bonds. The Morgan fingerprint density at radius 3 is 0.741 bits per heavy atom. The summed E-state index contributed by atoms with van der Waals surface area (Å²) in [4.78, 5) is 37.8. The van der Waals surface area contributed by atoms with Crippen LogP contribution in [-0.4, -0.2) is 37.2 Å². The maximum absolute atomic E-state index is 12.8. The first-order valence-corrected chi connectivity index (χ1v) is 25.6. The number of carbonyl (C=O) groups is 3. The van der Waals surface area contributed by atoms with Gasteiger partial charge in [-0.05, 0) is 37.0 Å². The van der Waals surface area contributed by atoms with E-state index in [-0.39, 0.29) is 31.1 Å². The van der Waals surface area contributed by atoms with E-state index in [1.165, 1.54) is 161 Å². The molecule has 0 heterocycles. The normalized spacial score (nSPS) is 12.2. The highest BCUT2D eigenvalue weighted by atomic mass is 16.6. The number of rotatable bonds is 45. The molecule has 0 radical (unpaired) electrons. The van der Waals surface area contributed by atoms with E-state index in [1.54, 1.807) is 0 Å². The van der Waals surface area contributed by atoms with Crippen molar-refractivity contribution in [2.75, 3.05) is 13.2 Å². The molecule has 0 unspecified atom stereocenters. The van der Waals surface area contributed by atoms with Gasteiger partial charge in [-0.15, -0.1) is 0 Å². The highest BCUT2D eigenvalue weighted by Gasteiger charge is 2.19. The summed E-state index contributed by atoms with van der Waals surface area (Å²) in [6.45, 7) is 13.6. The van der Waals surface area contributed by atoms with Crippen LogP contribution in [0.15, 0.2) is 0 Å². The van der Waals surface area contributed by atoms with E-state index in [4.69, 9.17) is 14.2 Å². The number of esters is 3. The van der Waals surface area contributed by atoms with E-state index < -0.39 is 6.10 Å². The van der Waals surface area contributed by atoms with Crippen LogP contribution in [-0.2, 0) is 28.6 Å². The molecule has 58 heavy (non-hydrogen) atoms. The Balaban J connectivity index is 4.19. The predicted octanol–water partition coefficient (Wildman–Crippen LogP) is 16.4. The maximum atomic E-state index is 12.8. The molecule has 0 aromatic rings. The second-order valence-electron chi connectivity index (χ2n) is 19.2. The van der Waals surface area contributed by atoms with Gasteiger partial charge in [0.2, 0.25) is 0 Å². The molecule has 0 saturated heterocycles. The highest BCUT2D eigenvalue weighted by molar-refractivity contribution is 5.71. The minimum Gasteiger partial charge on any atom is -0.462 e. The average molecular weight is 821 g/mol. The number of hydrogen-bond donors (Lipinski definition) is 0. The van der Waals surface area contributed by atoms with Crippen molar-refractivity contribution in [2.45, 2.75) is 285 Å². The molecule has 0 aliphatic rings. The topological polar surface area (TPSA) is 78.9 Å². The lowest BCUT2D eigenvalue weighted by atomic mass is 10.0. The Hall–Kier alpha value is -1.59. The molecular formula is C52H100O6. The quantitative estimate of drug-likeness (QED) is 0.0346. The van der Waals surface area contributed by atoms with E-state index in [2.05, 4.69) is 41.5 Å². The van der Waals surface area contributed by atoms with Crippen molar-refractivity contribution in [2.24, 2.45) is 17.8 Å². The molecule has 344 valence electrons. The monoisotopic (exact) mass is 821 g/mol. The van der Waals surface area contributed by atoms with Crippen LogP contribution in [0.25, 0.3) is 0 Å². The van der Waals surface area contributed by atoms with Crippen molar-refractivity contribution in [1.82, 2.24) is 0 Å². The van der Waals surface area contributed by atoms with Gasteiger partial charge in [0.25, 0.3) is 0 Å². The zero-order valence-corrected chi connectivity index (χ0v) is 39.8. The largest absolute Gasteiger partial charge is 0.462 e. The zero-order valence-electron chi connectivity index (χ0n) is 39.8. The minimum absolute atomic E-state index is 0.0666. The van der Waals surface area contributed by atoms with Crippen LogP contribution >= 0.6 is 0 Å². The van der Waals surface area contributed by atoms with E-state index in [0.29, 0.717) is 19.3 Å². The van der Waals surface area contributed by atoms with Gasteiger partial charge in [-0.1, -0.05) is 241 Å². The lowest BCUT2D eigenvalue weighted by molar-refractivity contribution is -0.167. The molecule has 0 aliphatic heterocycles. The van der Waals surface area contributed by atoms with Gasteiger partial charge in [0.15, 0.2) is 6.10 Å². The molecule has 0 aromatic heterocycles. The molecule has 6 heteroatoms. The fourth-order valence-electron chi connectivity index (χ4n) is 7.76. The summed E-state index contributed by atoms with van der Waals surface area (Å²) in [6.07, 6.45) is 42.7. The summed E-state index contributed by atoms with van der Waals surface area (Å²) in [5, 5.41) is 0. The second kappa shape index (κ2) is 43.5. The Bertz CT molecular complexity index is 898. The SMILES string of the molecule is CC(C)CCCCCCCCCCCCCCCCCCCCC(=O)O[C@H](COC(=O)CCCCCCCCCC(C)C)COC(=O)CCCCCCCCC(C)C. The van der Waals surface area contributed by atoms with Crippen molar-refractivity contribution >= 4 is 17.9 Å². The molecule has 0 aliphatic carbocycles. The molecule has 1 atom stereocenters. The number of carbonyl (C=O) groups excluding carboxylic acids is 3. The zero-order chi connectivity index (χ0) is 42.7. The van der Waals surface area contributed by atoms with Gasteiger partial charge >= 0.3 is 17.9 Å². The van der Waals surface area contributed by atoms with Crippen molar-refractivity contribution in [3.63, 3.8) is 0 Å². The number of hydrogen-bond acceptors (Lipinski definition) is 6. The number of unbranched alkanes of at least 4 members (excludes halogenated alkanes) is 28. The van der Waals surface area contributed by atoms with Crippen LogP contribution in [0.4, 0.5) is 0 Å². The van der Waals surface area contributed by atoms with Crippen LogP contribution in [0.1, 0.15) is 279 Å². The fraction of sp³-hybridized carbons (Fsp3) is 0.942. The van der Waals surface area contributed by atoms with Crippen LogP contribution in [0.5, 0.6) is 0 Å². The van der Waals surface area contributed by atoms with Crippen LogP contribution in [0.2, 0.25) is 0 Å². The van der Waals surface area contributed by atoms with Gasteiger partial charge in [0.05, 0.1) is 0 Å². The van der Waals surface area contributed by atoms with Gasteiger partial charge in [-0.2, -0.15) is 0 Å². The van der Waals surface area contributed by atoms with Gasteiger partial charge in [0, 0.05) is 19.3 Å². The van der Waals surface area contributed by atoms with Crippen molar-refractivity contribution in [3.8, 4) is 0 Å². The Morgan fingerprint density at radius 1 is 0.293 bits per heavy atom. The predicted molar refractivity (Wildman–Crippen MR) is 247 cm³/mol. The van der Waals surface area contributed by atoms with E-state index >= 15 is 0 Å². The van der Waals surface area contributed by atoms with E-state index in [0.717, 1.165) is 75.5 Å². The van der Waals surface area contributed by atoms with Gasteiger partial charge < -0.3 is 14.2 Å². The molecule has 0 bridgehead atoms. The molecule has 0 fully saturated rings. The van der Waals surface area contributed by atoms with Crippen LogP contribution in [0.3, 0.4) is 0 Å². The summed E-state index contributed by atoms with van der Waals surface area (Å²) in [6, 6.07) is 0. The first-order chi connectivity index (χ1) is 28.1. The summed E-state index contributed by atoms with van der Waals surface area (Å²) in [5.74, 6) is 1.54. The molecular weight excluding hydrogens is 721 g/mol. The van der Waals surface area contributed by atoms with Crippen molar-refractivity contribution in [1.29, 1.82) is 0 Å². The van der Waals surface area contributed by atoms with Gasteiger partial charge in [-0.25, -0.2) is 0 Å². The third-order valence-electron chi connectivity index (χ3n) is 11.6.